The van der Waals surface area contributed by atoms with Crippen molar-refractivity contribution >= 4 is 0 Å². The minimum atomic E-state index is -0.778. The molecule has 3 nitrogen and oxygen atoms in total. The summed E-state index contributed by atoms with van der Waals surface area (Å²) in [7, 11) is 0. The zero-order valence-electron chi connectivity index (χ0n) is 15.2. The highest BCUT2D eigenvalue weighted by molar-refractivity contribution is 5.41. The van der Waals surface area contributed by atoms with Gasteiger partial charge in [-0.05, 0) is 67.1 Å². The Balaban J connectivity index is 1.64. The summed E-state index contributed by atoms with van der Waals surface area (Å²) in [6.07, 6.45) is 2.63. The molecule has 0 aromatic heterocycles. The molecule has 0 radical (unpaired) electrons. The average Bonchev–Trinajstić information content (AvgIpc) is 3.26. The topological polar surface area (TPSA) is 53.0 Å². The lowest BCUT2D eigenvalue weighted by Crippen LogP contribution is -2.37. The molecule has 27 heavy (non-hydrogen) atoms. The first-order valence-electron chi connectivity index (χ1n) is 9.50. The zero-order valence-corrected chi connectivity index (χ0v) is 15.2. The number of benzene rings is 2. The van der Waals surface area contributed by atoms with Gasteiger partial charge < -0.3 is 5.73 Å². The van der Waals surface area contributed by atoms with Gasteiger partial charge in [-0.25, -0.2) is 8.78 Å². The summed E-state index contributed by atoms with van der Waals surface area (Å²) in [5.41, 5.74) is 8.54. The second-order valence-corrected chi connectivity index (χ2v) is 7.71. The van der Waals surface area contributed by atoms with Gasteiger partial charge in [-0.15, -0.1) is 0 Å². The Morgan fingerprint density at radius 2 is 1.93 bits per heavy atom. The first-order chi connectivity index (χ1) is 13.1. The highest BCUT2D eigenvalue weighted by Crippen LogP contribution is 2.40. The van der Waals surface area contributed by atoms with Crippen LogP contribution < -0.4 is 5.73 Å². The molecule has 0 unspecified atom stereocenters. The summed E-state index contributed by atoms with van der Waals surface area (Å²) in [5.74, 6) is -0.844. The van der Waals surface area contributed by atoms with E-state index in [9.17, 15) is 8.78 Å². The molecule has 1 fully saturated rings. The van der Waals surface area contributed by atoms with Crippen LogP contribution in [0.4, 0.5) is 8.78 Å². The summed E-state index contributed by atoms with van der Waals surface area (Å²) in [4.78, 5) is 2.50. The molecule has 1 saturated heterocycles. The van der Waals surface area contributed by atoms with Crippen molar-refractivity contribution in [2.45, 2.75) is 31.2 Å². The van der Waals surface area contributed by atoms with Crippen LogP contribution in [-0.2, 0) is 12.8 Å². The van der Waals surface area contributed by atoms with Gasteiger partial charge >= 0.3 is 0 Å². The van der Waals surface area contributed by atoms with E-state index in [-0.39, 0.29) is 5.92 Å². The van der Waals surface area contributed by atoms with Gasteiger partial charge in [0.05, 0.1) is 0 Å². The van der Waals surface area contributed by atoms with Crippen molar-refractivity contribution in [1.29, 1.82) is 5.26 Å². The van der Waals surface area contributed by atoms with E-state index in [1.165, 1.54) is 23.3 Å². The fourth-order valence-electron chi connectivity index (χ4n) is 4.75. The summed E-state index contributed by atoms with van der Waals surface area (Å²) < 4.78 is 28.2. The molecular formula is C22H23F2N3. The molecule has 2 aliphatic rings. The lowest BCUT2D eigenvalue weighted by Gasteiger charge is -2.30. The SMILES string of the molecule is N#Cc1c(F)cc(C[C@@H]2c3ccccc3C[C@H]2N2CC[C@H](CN)C2)cc1F. The van der Waals surface area contributed by atoms with Crippen molar-refractivity contribution in [3.63, 3.8) is 0 Å². The van der Waals surface area contributed by atoms with Gasteiger partial charge in [-0.1, -0.05) is 24.3 Å². The molecule has 2 N–H and O–H groups in total. The van der Waals surface area contributed by atoms with Crippen molar-refractivity contribution in [2.24, 2.45) is 11.7 Å². The van der Waals surface area contributed by atoms with E-state index in [0.717, 1.165) is 25.9 Å². The van der Waals surface area contributed by atoms with Gasteiger partial charge in [0.1, 0.15) is 23.3 Å². The van der Waals surface area contributed by atoms with Crippen LogP contribution in [0.1, 0.15) is 34.6 Å². The molecule has 3 atom stereocenters. The summed E-state index contributed by atoms with van der Waals surface area (Å²) >= 11 is 0. The third-order valence-corrected chi connectivity index (χ3v) is 6.14. The average molecular weight is 367 g/mol. The second-order valence-electron chi connectivity index (χ2n) is 7.71. The maximum absolute atomic E-state index is 14.1. The summed E-state index contributed by atoms with van der Waals surface area (Å²) in [6.45, 7) is 2.71. The van der Waals surface area contributed by atoms with Gasteiger partial charge in [-0.2, -0.15) is 5.26 Å². The normalized spacial score (nSPS) is 24.7. The van der Waals surface area contributed by atoms with Crippen LogP contribution in [-0.4, -0.2) is 30.6 Å². The van der Waals surface area contributed by atoms with E-state index >= 15 is 0 Å². The number of likely N-dealkylation sites (tertiary alicyclic amines) is 1. The standard InChI is InChI=1S/C22H23F2N3/c23-20-8-15(9-21(24)19(20)12-26)7-18-17-4-2-1-3-16(17)10-22(18)27-6-5-14(11-25)13-27/h1-4,8-9,14,18,22H,5-7,10-11,13,25H2/t14-,18-,22-/m1/s1. The van der Waals surface area contributed by atoms with Crippen molar-refractivity contribution in [2.75, 3.05) is 19.6 Å². The first kappa shape index (κ1) is 18.1. The third-order valence-electron chi connectivity index (χ3n) is 6.14. The van der Waals surface area contributed by atoms with Crippen molar-refractivity contribution in [3.05, 3.63) is 70.3 Å². The van der Waals surface area contributed by atoms with Crippen molar-refractivity contribution in [1.82, 2.24) is 4.90 Å². The lowest BCUT2D eigenvalue weighted by atomic mass is 9.89. The predicted molar refractivity (Wildman–Crippen MR) is 100 cm³/mol. The number of hydrogen-bond acceptors (Lipinski definition) is 3. The van der Waals surface area contributed by atoms with E-state index in [2.05, 4.69) is 17.0 Å². The largest absolute Gasteiger partial charge is 0.330 e. The molecule has 0 spiro atoms. The molecule has 1 heterocycles. The number of rotatable bonds is 4. The third kappa shape index (κ3) is 3.36. The number of fused-ring (bicyclic) bond motifs is 1. The van der Waals surface area contributed by atoms with E-state index in [0.29, 0.717) is 30.5 Å². The van der Waals surface area contributed by atoms with Crippen LogP contribution in [0.5, 0.6) is 0 Å². The van der Waals surface area contributed by atoms with Gasteiger partial charge in [0.2, 0.25) is 0 Å². The molecule has 140 valence electrons. The Morgan fingerprint density at radius 1 is 1.19 bits per heavy atom. The number of halogens is 2. The fourth-order valence-corrected chi connectivity index (χ4v) is 4.75. The van der Waals surface area contributed by atoms with E-state index in [1.54, 1.807) is 6.07 Å². The lowest BCUT2D eigenvalue weighted by molar-refractivity contribution is 0.212. The van der Waals surface area contributed by atoms with E-state index < -0.39 is 17.2 Å². The summed E-state index contributed by atoms with van der Waals surface area (Å²) in [6, 6.07) is 12.9. The van der Waals surface area contributed by atoms with Crippen molar-refractivity contribution < 1.29 is 8.78 Å². The molecule has 0 amide bonds. The highest BCUT2D eigenvalue weighted by atomic mass is 19.1. The number of hydrogen-bond donors (Lipinski definition) is 1. The van der Waals surface area contributed by atoms with E-state index in [1.807, 2.05) is 12.1 Å². The minimum absolute atomic E-state index is 0.185. The quantitative estimate of drug-likeness (QED) is 0.901. The van der Waals surface area contributed by atoms with Gasteiger partial charge in [0.15, 0.2) is 0 Å². The van der Waals surface area contributed by atoms with Crippen LogP contribution in [0.25, 0.3) is 0 Å². The van der Waals surface area contributed by atoms with Crippen LogP contribution in [0, 0.1) is 28.9 Å². The predicted octanol–water partition coefficient (Wildman–Crippen LogP) is 3.37. The summed E-state index contributed by atoms with van der Waals surface area (Å²) in [5, 5.41) is 8.89. The smallest absolute Gasteiger partial charge is 0.144 e. The van der Waals surface area contributed by atoms with Crippen LogP contribution >= 0.6 is 0 Å². The Hall–Kier alpha value is -2.29. The Labute approximate surface area is 158 Å². The Bertz CT molecular complexity index is 866. The Morgan fingerprint density at radius 3 is 2.59 bits per heavy atom. The zero-order chi connectivity index (χ0) is 19.0. The number of nitrogens with zero attached hydrogens (tertiary/aromatic N) is 2. The molecule has 0 saturated carbocycles. The van der Waals surface area contributed by atoms with Crippen LogP contribution in [0.2, 0.25) is 0 Å². The monoisotopic (exact) mass is 367 g/mol. The molecule has 2 aromatic carbocycles. The van der Waals surface area contributed by atoms with Crippen molar-refractivity contribution in [3.8, 4) is 6.07 Å². The van der Waals surface area contributed by atoms with Crippen LogP contribution in [0.3, 0.4) is 0 Å². The second kappa shape index (κ2) is 7.38. The molecule has 2 aromatic rings. The number of nitrogens with two attached hydrogens (primary N) is 1. The molecule has 0 bridgehead atoms. The minimum Gasteiger partial charge on any atom is -0.330 e. The van der Waals surface area contributed by atoms with Gasteiger partial charge in [0.25, 0.3) is 0 Å². The molecule has 1 aliphatic carbocycles. The van der Waals surface area contributed by atoms with E-state index in [4.69, 9.17) is 11.0 Å². The maximum Gasteiger partial charge on any atom is 0.144 e. The Kier molecular flexibility index (Phi) is 4.94. The van der Waals surface area contributed by atoms with Gasteiger partial charge in [-0.3, -0.25) is 4.90 Å². The molecular weight excluding hydrogens is 344 g/mol. The molecule has 5 heteroatoms. The van der Waals surface area contributed by atoms with Crippen LogP contribution in [0.15, 0.2) is 36.4 Å². The molecule has 1 aliphatic heterocycles. The highest BCUT2D eigenvalue weighted by Gasteiger charge is 2.38. The fraction of sp³-hybridized carbons (Fsp3) is 0.409. The van der Waals surface area contributed by atoms with Gasteiger partial charge in [0, 0.05) is 18.5 Å². The maximum atomic E-state index is 14.1. The first-order valence-corrected chi connectivity index (χ1v) is 9.50. The molecule has 4 rings (SSSR count). The number of nitriles is 1.